The van der Waals surface area contributed by atoms with Crippen molar-refractivity contribution >= 4 is 21.4 Å². The van der Waals surface area contributed by atoms with Gasteiger partial charge in [-0.15, -0.1) is 0 Å². The second kappa shape index (κ2) is 9.05. The maximum atomic E-state index is 13.3. The van der Waals surface area contributed by atoms with Crippen LogP contribution in [0.3, 0.4) is 0 Å². The third-order valence-corrected chi connectivity index (χ3v) is 11.4. The molecular weight excluding hydrogens is 496 g/mol. The Kier molecular flexibility index (Phi) is 6.46. The average molecular weight is 540 g/mol. The van der Waals surface area contributed by atoms with Crippen LogP contribution in [-0.2, 0) is 10.0 Å². The predicted molar refractivity (Wildman–Crippen MR) is 154 cm³/mol. The van der Waals surface area contributed by atoms with Crippen molar-refractivity contribution in [1.82, 2.24) is 8.88 Å². The quantitative estimate of drug-likeness (QED) is 0.447. The lowest BCUT2D eigenvalue weighted by molar-refractivity contribution is 0.291. The maximum absolute atomic E-state index is 13.3. The van der Waals surface area contributed by atoms with E-state index in [-0.39, 0.29) is 22.7 Å². The highest BCUT2D eigenvalue weighted by atomic mass is 32.2. The fourth-order valence-electron chi connectivity index (χ4n) is 6.66. The summed E-state index contributed by atoms with van der Waals surface area (Å²) in [5.74, 6) is 1.89. The van der Waals surface area contributed by atoms with Crippen molar-refractivity contribution in [2.24, 2.45) is 4.99 Å². The average Bonchev–Trinajstić information content (AvgIpc) is 2.83. The van der Waals surface area contributed by atoms with Gasteiger partial charge in [0.05, 0.1) is 11.8 Å². The van der Waals surface area contributed by atoms with E-state index in [1.807, 2.05) is 13.8 Å². The van der Waals surface area contributed by atoms with Crippen LogP contribution in [0.1, 0.15) is 84.3 Å². The number of rotatable bonds is 5. The van der Waals surface area contributed by atoms with Crippen molar-refractivity contribution in [3.63, 3.8) is 0 Å². The van der Waals surface area contributed by atoms with Gasteiger partial charge in [-0.1, -0.05) is 20.8 Å². The Bertz CT molecular complexity index is 1520. The van der Waals surface area contributed by atoms with Gasteiger partial charge in [-0.25, -0.2) is 22.3 Å². The third-order valence-electron chi connectivity index (χ3n) is 9.25. The van der Waals surface area contributed by atoms with Gasteiger partial charge in [0.25, 0.3) is 0 Å². The van der Waals surface area contributed by atoms with Gasteiger partial charge in [0.2, 0.25) is 15.4 Å². The Hall–Kier alpha value is -2.45. The Balaban J connectivity index is 1.65. The summed E-state index contributed by atoms with van der Waals surface area (Å²) in [6.07, 6.45) is 1.82. The molecule has 2 atom stereocenters. The SMILES string of the molecule is CCN(CC)S(=O)(=O)CC1CC(C)(C)[N+](C)=c2cc3c(cc21)=Nc1cc2c(cc1O3)N(C)C(C)(C)CC2C. The second-order valence-electron chi connectivity index (χ2n) is 12.6. The Labute approximate surface area is 227 Å². The largest absolute Gasteiger partial charge is 0.452 e. The van der Waals surface area contributed by atoms with Crippen LogP contribution in [0.15, 0.2) is 29.3 Å². The number of hydrogen-bond acceptors (Lipinski definition) is 5. The number of nitrogens with zero attached hydrogens (tertiary/aromatic N) is 4. The normalized spacial score (nSPS) is 23.1. The fourth-order valence-corrected chi connectivity index (χ4v) is 8.46. The van der Waals surface area contributed by atoms with E-state index >= 15 is 0 Å². The molecule has 5 rings (SSSR count). The molecule has 0 N–H and O–H groups in total. The fraction of sp³-hybridized carbons (Fsp3) is 0.600. The van der Waals surface area contributed by atoms with Crippen LogP contribution < -0.4 is 24.9 Å². The number of ether oxygens (including phenoxy) is 1. The summed E-state index contributed by atoms with van der Waals surface area (Å²) < 4.78 is 37.0. The molecule has 2 unspecified atom stereocenters. The molecule has 0 amide bonds. The first kappa shape index (κ1) is 27.1. The van der Waals surface area contributed by atoms with Crippen molar-refractivity contribution < 1.29 is 13.2 Å². The lowest BCUT2D eigenvalue weighted by Crippen LogP contribution is -2.52. The molecule has 0 fully saturated rings. The molecule has 206 valence electrons. The highest BCUT2D eigenvalue weighted by molar-refractivity contribution is 7.89. The highest BCUT2D eigenvalue weighted by Gasteiger charge is 2.41. The van der Waals surface area contributed by atoms with E-state index in [0.29, 0.717) is 19.0 Å². The van der Waals surface area contributed by atoms with Crippen molar-refractivity contribution in [2.45, 2.75) is 84.2 Å². The van der Waals surface area contributed by atoms with E-state index in [2.05, 4.69) is 82.5 Å². The molecule has 3 aliphatic heterocycles. The summed E-state index contributed by atoms with van der Waals surface area (Å²) >= 11 is 0. The first-order chi connectivity index (χ1) is 17.7. The first-order valence-electron chi connectivity index (χ1n) is 13.9. The molecule has 0 spiro atoms. The van der Waals surface area contributed by atoms with Crippen molar-refractivity contribution in [3.05, 3.63) is 46.1 Å². The van der Waals surface area contributed by atoms with Crippen molar-refractivity contribution in [2.75, 3.05) is 37.8 Å². The predicted octanol–water partition coefficient (Wildman–Crippen LogP) is 4.52. The molecule has 2 aromatic rings. The molecule has 0 bridgehead atoms. The van der Waals surface area contributed by atoms with Gasteiger partial charge in [0, 0.05) is 55.3 Å². The summed E-state index contributed by atoms with van der Waals surface area (Å²) in [5, 5.41) is 1.79. The molecule has 38 heavy (non-hydrogen) atoms. The van der Waals surface area contributed by atoms with E-state index in [9.17, 15) is 8.42 Å². The van der Waals surface area contributed by atoms with Gasteiger partial charge < -0.3 is 9.64 Å². The second-order valence-corrected chi connectivity index (χ2v) is 14.6. The third kappa shape index (κ3) is 4.34. The maximum Gasteiger partial charge on any atom is 0.214 e. The van der Waals surface area contributed by atoms with Gasteiger partial charge in [-0.2, -0.15) is 0 Å². The minimum Gasteiger partial charge on any atom is -0.452 e. The molecule has 0 radical (unpaired) electrons. The molecule has 0 saturated heterocycles. The van der Waals surface area contributed by atoms with E-state index in [0.717, 1.165) is 46.3 Å². The summed E-state index contributed by atoms with van der Waals surface area (Å²) in [5.41, 5.74) is 4.24. The van der Waals surface area contributed by atoms with Gasteiger partial charge in [-0.05, 0) is 57.7 Å². The smallest absolute Gasteiger partial charge is 0.214 e. The van der Waals surface area contributed by atoms with Gasteiger partial charge in [0.1, 0.15) is 18.1 Å². The van der Waals surface area contributed by atoms with Crippen LogP contribution in [0, 0.1) is 0 Å². The summed E-state index contributed by atoms with van der Waals surface area (Å²) in [6, 6.07) is 8.45. The monoisotopic (exact) mass is 539 g/mol. The zero-order valence-electron chi connectivity index (χ0n) is 24.4. The number of fused-ring (bicyclic) bond motifs is 4. The summed E-state index contributed by atoms with van der Waals surface area (Å²) in [4.78, 5) is 7.41. The standard InChI is InChI=1S/C30H43N4O3S/c1-10-34(11-2)38(35,36)18-20-17-30(6,7)33(9)26-15-28-24(13-22(20)26)31-23-12-21-19(3)16-29(4,5)32(8)25(21)14-27(23)37-28/h12-15,19-20H,10-11,16-18H2,1-9H3/q+1. The van der Waals surface area contributed by atoms with Crippen LogP contribution in [0.5, 0.6) is 11.5 Å². The molecule has 2 aromatic carbocycles. The summed E-state index contributed by atoms with van der Waals surface area (Å²) in [7, 11) is 0.859. The zero-order valence-corrected chi connectivity index (χ0v) is 25.2. The van der Waals surface area contributed by atoms with Crippen LogP contribution >= 0.6 is 0 Å². The molecule has 3 aliphatic rings. The van der Waals surface area contributed by atoms with Crippen LogP contribution in [0.2, 0.25) is 0 Å². The lowest BCUT2D eigenvalue weighted by Gasteiger charge is -2.45. The molecule has 8 heteroatoms. The van der Waals surface area contributed by atoms with E-state index in [1.165, 1.54) is 11.3 Å². The molecule has 0 aliphatic carbocycles. The number of anilines is 1. The molecule has 3 heterocycles. The van der Waals surface area contributed by atoms with Gasteiger partial charge in [0.15, 0.2) is 17.0 Å². The van der Waals surface area contributed by atoms with E-state index < -0.39 is 10.0 Å². The molecular formula is C30H43N4O3S+. The van der Waals surface area contributed by atoms with Crippen LogP contribution in [0.25, 0.3) is 0 Å². The zero-order chi connectivity index (χ0) is 27.8. The molecule has 7 nitrogen and oxygen atoms in total. The van der Waals surface area contributed by atoms with Gasteiger partial charge in [-0.3, -0.25) is 0 Å². The Morgan fingerprint density at radius 3 is 2.39 bits per heavy atom. The number of benzene rings is 2. The topological polar surface area (TPSA) is 65.2 Å². The Morgan fingerprint density at radius 1 is 1.05 bits per heavy atom. The summed E-state index contributed by atoms with van der Waals surface area (Å²) in [6.45, 7) is 16.0. The number of sulfonamides is 1. The highest BCUT2D eigenvalue weighted by Crippen LogP contribution is 2.48. The molecule has 0 aromatic heterocycles. The van der Waals surface area contributed by atoms with Crippen molar-refractivity contribution in [3.8, 4) is 11.5 Å². The number of hydrogen-bond donors (Lipinski definition) is 0. The van der Waals surface area contributed by atoms with Crippen LogP contribution in [0.4, 0.5) is 11.4 Å². The minimum absolute atomic E-state index is 0.0677. The first-order valence-corrected chi connectivity index (χ1v) is 15.5. The van der Waals surface area contributed by atoms with Crippen LogP contribution in [-0.4, -0.2) is 56.7 Å². The molecule has 0 saturated carbocycles. The lowest BCUT2D eigenvalue weighted by atomic mass is 9.80. The van der Waals surface area contributed by atoms with E-state index in [1.54, 1.807) is 4.31 Å². The van der Waals surface area contributed by atoms with Gasteiger partial charge >= 0.3 is 0 Å². The van der Waals surface area contributed by atoms with Crippen molar-refractivity contribution in [1.29, 1.82) is 0 Å². The minimum atomic E-state index is -3.39. The van der Waals surface area contributed by atoms with E-state index in [4.69, 9.17) is 9.73 Å². The Morgan fingerprint density at radius 2 is 1.74 bits per heavy atom.